The van der Waals surface area contributed by atoms with E-state index >= 15 is 0 Å². The summed E-state index contributed by atoms with van der Waals surface area (Å²) in [4.78, 5) is 10.8. The van der Waals surface area contributed by atoms with Crippen LogP contribution in [0.1, 0.15) is 36.9 Å². The second-order valence-corrected chi connectivity index (χ2v) is 3.76. The Kier molecular flexibility index (Phi) is 3.84. The number of benzene rings is 1. The van der Waals surface area contributed by atoms with Crippen molar-refractivity contribution in [1.82, 2.24) is 0 Å². The minimum atomic E-state index is -0.0150. The fraction of sp³-hybridized carbons (Fsp3) is 0.417. The summed E-state index contributed by atoms with van der Waals surface area (Å²) in [6.45, 7) is 3.64. The molecule has 0 amide bonds. The average Bonchev–Trinajstić information content (AvgIpc) is 2.14. The Labute approximate surface area is 85.1 Å². The van der Waals surface area contributed by atoms with Crippen molar-refractivity contribution in [3.05, 3.63) is 35.4 Å². The molecule has 1 rings (SSSR count). The van der Waals surface area contributed by atoms with Gasteiger partial charge in [-0.1, -0.05) is 29.8 Å². The van der Waals surface area contributed by atoms with Gasteiger partial charge in [0.2, 0.25) is 0 Å². The highest BCUT2D eigenvalue weighted by Crippen LogP contribution is 2.16. The third-order valence-corrected chi connectivity index (χ3v) is 2.28. The molecule has 0 saturated heterocycles. The molecule has 1 atom stereocenters. The van der Waals surface area contributed by atoms with Gasteiger partial charge in [0, 0.05) is 12.5 Å². The van der Waals surface area contributed by atoms with Crippen molar-refractivity contribution in [3.8, 4) is 0 Å². The number of carbonyl (C=O) groups is 1. The van der Waals surface area contributed by atoms with Crippen LogP contribution in [0.4, 0.5) is 0 Å². The molecule has 0 spiro atoms. The van der Waals surface area contributed by atoms with Crippen molar-refractivity contribution in [1.29, 1.82) is 0 Å². The van der Waals surface area contributed by atoms with Crippen LogP contribution in [0.2, 0.25) is 0 Å². The van der Waals surface area contributed by atoms with E-state index in [1.165, 1.54) is 5.56 Å². The molecule has 2 N–H and O–H groups in total. The molecule has 0 aliphatic carbocycles. The topological polar surface area (TPSA) is 43.1 Å². The summed E-state index contributed by atoms with van der Waals surface area (Å²) in [5.74, 6) is 0.202. The van der Waals surface area contributed by atoms with Crippen LogP contribution >= 0.6 is 0 Å². The van der Waals surface area contributed by atoms with Crippen molar-refractivity contribution in [2.24, 2.45) is 5.73 Å². The first kappa shape index (κ1) is 10.9. The number of hydrogen-bond acceptors (Lipinski definition) is 2. The molecule has 1 aromatic carbocycles. The van der Waals surface area contributed by atoms with Crippen LogP contribution < -0.4 is 5.73 Å². The summed E-state index contributed by atoms with van der Waals surface area (Å²) in [6.07, 6.45) is 1.30. The summed E-state index contributed by atoms with van der Waals surface area (Å²) in [5.41, 5.74) is 8.29. The Morgan fingerprint density at radius 3 is 2.79 bits per heavy atom. The predicted octanol–water partition coefficient (Wildman–Crippen LogP) is 2.36. The summed E-state index contributed by atoms with van der Waals surface area (Å²) < 4.78 is 0. The highest BCUT2D eigenvalue weighted by atomic mass is 16.1. The highest BCUT2D eigenvalue weighted by molar-refractivity contribution is 5.75. The van der Waals surface area contributed by atoms with Gasteiger partial charge in [-0.25, -0.2) is 0 Å². The van der Waals surface area contributed by atoms with Crippen LogP contribution in [-0.4, -0.2) is 5.78 Å². The van der Waals surface area contributed by atoms with E-state index in [2.05, 4.69) is 6.07 Å². The molecule has 2 nitrogen and oxygen atoms in total. The summed E-state index contributed by atoms with van der Waals surface area (Å²) in [6, 6.07) is 8.11. The minimum absolute atomic E-state index is 0.0150. The number of ketones is 1. The number of hydrogen-bond donors (Lipinski definition) is 1. The molecule has 0 aliphatic heterocycles. The van der Waals surface area contributed by atoms with Crippen LogP contribution in [-0.2, 0) is 4.79 Å². The Hall–Kier alpha value is -1.15. The van der Waals surface area contributed by atoms with Crippen LogP contribution in [0.25, 0.3) is 0 Å². The number of nitrogens with two attached hydrogens (primary N) is 1. The Bertz CT molecular complexity index is 320. The van der Waals surface area contributed by atoms with Gasteiger partial charge < -0.3 is 10.5 Å². The molecule has 0 aliphatic rings. The van der Waals surface area contributed by atoms with Crippen molar-refractivity contribution < 1.29 is 4.79 Å². The largest absolute Gasteiger partial charge is 0.324 e. The van der Waals surface area contributed by atoms with E-state index in [4.69, 9.17) is 5.73 Å². The fourth-order valence-corrected chi connectivity index (χ4v) is 1.43. The normalized spacial score (nSPS) is 12.5. The monoisotopic (exact) mass is 191 g/mol. The Morgan fingerprint density at radius 1 is 1.50 bits per heavy atom. The minimum Gasteiger partial charge on any atom is -0.324 e. The number of Topliss-reactive ketones (excluding diaryl/α,β-unsaturated/α-hetero) is 1. The van der Waals surface area contributed by atoms with Gasteiger partial charge in [0.15, 0.2) is 0 Å². The quantitative estimate of drug-likeness (QED) is 0.794. The predicted molar refractivity (Wildman–Crippen MR) is 58.0 cm³/mol. The maximum absolute atomic E-state index is 10.8. The van der Waals surface area contributed by atoms with E-state index in [0.29, 0.717) is 6.42 Å². The van der Waals surface area contributed by atoms with Crippen LogP contribution in [0.5, 0.6) is 0 Å². The van der Waals surface area contributed by atoms with Gasteiger partial charge in [0.1, 0.15) is 5.78 Å². The van der Waals surface area contributed by atoms with Crippen LogP contribution in [0.15, 0.2) is 24.3 Å². The molecular formula is C12H17NO. The third-order valence-electron chi connectivity index (χ3n) is 2.28. The highest BCUT2D eigenvalue weighted by Gasteiger charge is 2.06. The molecular weight excluding hydrogens is 174 g/mol. The number of rotatable bonds is 4. The maximum Gasteiger partial charge on any atom is 0.129 e. The zero-order valence-corrected chi connectivity index (χ0v) is 8.79. The van der Waals surface area contributed by atoms with Crippen molar-refractivity contribution >= 4 is 5.78 Å². The maximum atomic E-state index is 10.8. The SMILES string of the molecule is CC(=O)CCC(N)c1cccc(C)c1. The first-order valence-corrected chi connectivity index (χ1v) is 4.91. The van der Waals surface area contributed by atoms with Crippen molar-refractivity contribution in [2.75, 3.05) is 0 Å². The van der Waals surface area contributed by atoms with Gasteiger partial charge in [-0.3, -0.25) is 0 Å². The lowest BCUT2D eigenvalue weighted by atomic mass is 10.0. The number of carbonyl (C=O) groups excluding carboxylic acids is 1. The molecule has 1 aromatic rings. The first-order valence-electron chi connectivity index (χ1n) is 4.91. The molecule has 0 radical (unpaired) electrons. The van der Waals surface area contributed by atoms with Crippen LogP contribution in [0.3, 0.4) is 0 Å². The smallest absolute Gasteiger partial charge is 0.129 e. The van der Waals surface area contributed by atoms with E-state index in [1.54, 1.807) is 6.92 Å². The lowest BCUT2D eigenvalue weighted by molar-refractivity contribution is -0.117. The number of aryl methyl sites for hydroxylation is 1. The van der Waals surface area contributed by atoms with Gasteiger partial charge in [0.25, 0.3) is 0 Å². The fourth-order valence-electron chi connectivity index (χ4n) is 1.43. The summed E-state index contributed by atoms with van der Waals surface area (Å²) in [7, 11) is 0. The Balaban J connectivity index is 2.60. The molecule has 0 bridgehead atoms. The van der Waals surface area contributed by atoms with Crippen molar-refractivity contribution in [3.63, 3.8) is 0 Å². The van der Waals surface area contributed by atoms with E-state index in [9.17, 15) is 4.79 Å². The third kappa shape index (κ3) is 3.30. The average molecular weight is 191 g/mol. The molecule has 14 heavy (non-hydrogen) atoms. The van der Waals surface area contributed by atoms with E-state index in [0.717, 1.165) is 12.0 Å². The Morgan fingerprint density at radius 2 is 2.21 bits per heavy atom. The summed E-state index contributed by atoms with van der Waals surface area (Å²) in [5, 5.41) is 0. The van der Waals surface area contributed by atoms with Gasteiger partial charge in [-0.2, -0.15) is 0 Å². The molecule has 2 heteroatoms. The molecule has 76 valence electrons. The lowest BCUT2D eigenvalue weighted by Crippen LogP contribution is -2.11. The lowest BCUT2D eigenvalue weighted by Gasteiger charge is -2.11. The molecule has 0 fully saturated rings. The van der Waals surface area contributed by atoms with Gasteiger partial charge in [-0.05, 0) is 25.8 Å². The van der Waals surface area contributed by atoms with Gasteiger partial charge in [-0.15, -0.1) is 0 Å². The molecule has 0 aromatic heterocycles. The van der Waals surface area contributed by atoms with E-state index in [-0.39, 0.29) is 11.8 Å². The summed E-state index contributed by atoms with van der Waals surface area (Å²) >= 11 is 0. The zero-order valence-electron chi connectivity index (χ0n) is 8.79. The van der Waals surface area contributed by atoms with Crippen molar-refractivity contribution in [2.45, 2.75) is 32.7 Å². The molecule has 0 saturated carbocycles. The van der Waals surface area contributed by atoms with E-state index in [1.807, 2.05) is 25.1 Å². The van der Waals surface area contributed by atoms with Gasteiger partial charge in [0.05, 0.1) is 0 Å². The molecule has 0 heterocycles. The standard InChI is InChI=1S/C12H17NO/c1-9-4-3-5-11(8-9)12(13)7-6-10(2)14/h3-5,8,12H,6-7,13H2,1-2H3. The zero-order chi connectivity index (χ0) is 10.6. The van der Waals surface area contributed by atoms with E-state index < -0.39 is 0 Å². The molecule has 1 unspecified atom stereocenters. The second-order valence-electron chi connectivity index (χ2n) is 3.76. The van der Waals surface area contributed by atoms with Gasteiger partial charge >= 0.3 is 0 Å². The first-order chi connectivity index (χ1) is 6.59. The second kappa shape index (κ2) is 4.91. The van der Waals surface area contributed by atoms with Crippen LogP contribution in [0, 0.1) is 6.92 Å².